The minimum absolute atomic E-state index is 0.251. The monoisotopic (exact) mass is 341 g/mol. The highest BCUT2D eigenvalue weighted by atomic mass is 16.5. The van der Waals surface area contributed by atoms with Gasteiger partial charge in [-0.2, -0.15) is 0 Å². The molecule has 1 aliphatic heterocycles. The standard InChI is InChI=1S/C19H19NO5/c1-23-15-10-8-14(9-11-15)20-16(19(22)24-2)17(18(20)21)25-12-13-6-4-3-5-7-13/h3-11,16-17H,12H2,1-2H3/t16-,17-/m0/s1. The molecule has 0 N–H and O–H groups in total. The number of esters is 1. The summed E-state index contributed by atoms with van der Waals surface area (Å²) in [5.41, 5.74) is 1.53. The molecule has 0 radical (unpaired) electrons. The summed E-state index contributed by atoms with van der Waals surface area (Å²) < 4.78 is 15.6. The number of rotatable bonds is 6. The van der Waals surface area contributed by atoms with Crippen LogP contribution in [-0.2, 0) is 25.7 Å². The van der Waals surface area contributed by atoms with E-state index in [1.807, 2.05) is 30.3 Å². The summed E-state index contributed by atoms with van der Waals surface area (Å²) in [6.07, 6.45) is -0.852. The van der Waals surface area contributed by atoms with Crippen molar-refractivity contribution in [2.75, 3.05) is 19.1 Å². The van der Waals surface area contributed by atoms with Crippen LogP contribution < -0.4 is 9.64 Å². The third kappa shape index (κ3) is 3.34. The van der Waals surface area contributed by atoms with Crippen molar-refractivity contribution < 1.29 is 23.8 Å². The van der Waals surface area contributed by atoms with Crippen LogP contribution in [0.4, 0.5) is 5.69 Å². The maximum Gasteiger partial charge on any atom is 0.332 e. The number of nitrogens with zero attached hydrogens (tertiary/aromatic N) is 1. The van der Waals surface area contributed by atoms with E-state index in [-0.39, 0.29) is 12.5 Å². The van der Waals surface area contributed by atoms with Crippen molar-refractivity contribution >= 4 is 17.6 Å². The summed E-state index contributed by atoms with van der Waals surface area (Å²) in [7, 11) is 2.86. The lowest BCUT2D eigenvalue weighted by Gasteiger charge is -2.44. The van der Waals surface area contributed by atoms with Gasteiger partial charge >= 0.3 is 5.97 Å². The van der Waals surface area contributed by atoms with Gasteiger partial charge in [-0.3, -0.25) is 9.69 Å². The van der Waals surface area contributed by atoms with Gasteiger partial charge in [-0.15, -0.1) is 0 Å². The number of hydrogen-bond donors (Lipinski definition) is 0. The zero-order valence-electron chi connectivity index (χ0n) is 14.0. The minimum Gasteiger partial charge on any atom is -0.497 e. The van der Waals surface area contributed by atoms with Crippen LogP contribution in [0.15, 0.2) is 54.6 Å². The second-order valence-electron chi connectivity index (χ2n) is 5.59. The lowest BCUT2D eigenvalue weighted by atomic mass is 9.96. The van der Waals surface area contributed by atoms with Crippen molar-refractivity contribution in [1.29, 1.82) is 0 Å². The number of ether oxygens (including phenoxy) is 3. The molecule has 1 fully saturated rings. The molecule has 1 amide bonds. The summed E-state index contributed by atoms with van der Waals surface area (Å²) in [6, 6.07) is 15.6. The van der Waals surface area contributed by atoms with E-state index in [0.717, 1.165) is 5.56 Å². The topological polar surface area (TPSA) is 65.1 Å². The number of hydrogen-bond acceptors (Lipinski definition) is 5. The smallest absolute Gasteiger partial charge is 0.332 e. The molecule has 0 spiro atoms. The first-order valence-electron chi connectivity index (χ1n) is 7.86. The zero-order chi connectivity index (χ0) is 17.8. The molecule has 0 aliphatic carbocycles. The van der Waals surface area contributed by atoms with E-state index in [4.69, 9.17) is 14.2 Å². The number of anilines is 1. The summed E-state index contributed by atoms with van der Waals surface area (Å²) >= 11 is 0. The molecule has 1 saturated heterocycles. The van der Waals surface area contributed by atoms with Crippen LogP contribution in [-0.4, -0.2) is 38.2 Å². The quantitative estimate of drug-likeness (QED) is 0.595. The van der Waals surface area contributed by atoms with Crippen LogP contribution in [0.3, 0.4) is 0 Å². The number of benzene rings is 2. The molecule has 2 aromatic rings. The van der Waals surface area contributed by atoms with Gasteiger partial charge in [-0.25, -0.2) is 4.79 Å². The van der Waals surface area contributed by atoms with E-state index in [1.54, 1.807) is 31.4 Å². The van der Waals surface area contributed by atoms with Gasteiger partial charge in [-0.05, 0) is 29.8 Å². The van der Waals surface area contributed by atoms with Crippen LogP contribution in [0.1, 0.15) is 5.56 Å². The molecule has 1 heterocycles. The molecule has 0 unspecified atom stereocenters. The predicted molar refractivity (Wildman–Crippen MR) is 91.3 cm³/mol. The van der Waals surface area contributed by atoms with E-state index < -0.39 is 18.1 Å². The number of amides is 1. The molecule has 6 nitrogen and oxygen atoms in total. The number of methoxy groups -OCH3 is 2. The van der Waals surface area contributed by atoms with Crippen molar-refractivity contribution in [2.45, 2.75) is 18.8 Å². The molecule has 2 aromatic carbocycles. The second kappa shape index (κ2) is 7.36. The largest absolute Gasteiger partial charge is 0.497 e. The van der Waals surface area contributed by atoms with Crippen molar-refractivity contribution in [3.63, 3.8) is 0 Å². The highest BCUT2D eigenvalue weighted by Crippen LogP contribution is 2.32. The van der Waals surface area contributed by atoms with E-state index in [2.05, 4.69) is 0 Å². The lowest BCUT2D eigenvalue weighted by molar-refractivity contribution is -0.161. The maximum absolute atomic E-state index is 12.5. The van der Waals surface area contributed by atoms with Gasteiger partial charge in [0.1, 0.15) is 5.75 Å². The fourth-order valence-electron chi connectivity index (χ4n) is 2.77. The molecular formula is C19H19NO5. The van der Waals surface area contributed by atoms with Crippen LogP contribution >= 0.6 is 0 Å². The van der Waals surface area contributed by atoms with Crippen molar-refractivity contribution in [1.82, 2.24) is 0 Å². The van der Waals surface area contributed by atoms with Crippen LogP contribution in [0.2, 0.25) is 0 Å². The molecular weight excluding hydrogens is 322 g/mol. The third-order valence-corrected chi connectivity index (χ3v) is 4.11. The van der Waals surface area contributed by atoms with Gasteiger partial charge in [0, 0.05) is 5.69 Å². The highest BCUT2D eigenvalue weighted by Gasteiger charge is 2.54. The molecule has 0 saturated carbocycles. The minimum atomic E-state index is -0.852. The van der Waals surface area contributed by atoms with E-state index >= 15 is 0 Å². The van der Waals surface area contributed by atoms with Gasteiger partial charge in [0.05, 0.1) is 20.8 Å². The fraction of sp³-hybridized carbons (Fsp3) is 0.263. The number of carbonyl (C=O) groups excluding carboxylic acids is 2. The highest BCUT2D eigenvalue weighted by molar-refractivity contribution is 6.12. The van der Waals surface area contributed by atoms with Crippen molar-refractivity contribution in [2.24, 2.45) is 0 Å². The van der Waals surface area contributed by atoms with Gasteiger partial charge < -0.3 is 14.2 Å². The first kappa shape index (κ1) is 17.0. The first-order chi connectivity index (χ1) is 12.2. The van der Waals surface area contributed by atoms with E-state index in [0.29, 0.717) is 11.4 Å². The Morgan fingerprint density at radius 1 is 1.04 bits per heavy atom. The average Bonchev–Trinajstić information content (AvgIpc) is 2.66. The van der Waals surface area contributed by atoms with Crippen LogP contribution in [0.25, 0.3) is 0 Å². The average molecular weight is 341 g/mol. The van der Waals surface area contributed by atoms with Gasteiger partial charge in [0.25, 0.3) is 5.91 Å². The Morgan fingerprint density at radius 3 is 2.32 bits per heavy atom. The molecule has 6 heteroatoms. The SMILES string of the molecule is COC(=O)[C@@H]1[C@H](OCc2ccccc2)C(=O)N1c1ccc(OC)cc1. The first-order valence-corrected chi connectivity index (χ1v) is 7.86. The Morgan fingerprint density at radius 2 is 1.72 bits per heavy atom. The Kier molecular flexibility index (Phi) is 5.00. The lowest BCUT2D eigenvalue weighted by Crippen LogP contribution is -2.69. The zero-order valence-corrected chi connectivity index (χ0v) is 14.0. The number of carbonyl (C=O) groups is 2. The second-order valence-corrected chi connectivity index (χ2v) is 5.59. The predicted octanol–water partition coefficient (Wildman–Crippen LogP) is 2.17. The molecule has 2 atom stereocenters. The van der Waals surface area contributed by atoms with E-state index in [1.165, 1.54) is 12.0 Å². The molecule has 1 aliphatic rings. The molecule has 0 aromatic heterocycles. The Bertz CT molecular complexity index is 744. The van der Waals surface area contributed by atoms with Gasteiger partial charge in [-0.1, -0.05) is 30.3 Å². The van der Waals surface area contributed by atoms with E-state index in [9.17, 15) is 9.59 Å². The number of β-lactam (4-membered cyclic amide) rings is 1. The van der Waals surface area contributed by atoms with Crippen molar-refractivity contribution in [3.8, 4) is 5.75 Å². The normalized spacial score (nSPS) is 19.3. The van der Waals surface area contributed by atoms with Gasteiger partial charge in [0.2, 0.25) is 0 Å². The van der Waals surface area contributed by atoms with Gasteiger partial charge in [0.15, 0.2) is 12.1 Å². The Labute approximate surface area is 145 Å². The maximum atomic E-state index is 12.5. The molecule has 130 valence electrons. The summed E-state index contributed by atoms with van der Waals surface area (Å²) in [4.78, 5) is 26.1. The Hall–Kier alpha value is -2.86. The molecule has 3 rings (SSSR count). The summed E-state index contributed by atoms with van der Waals surface area (Å²) in [5.74, 6) is -0.104. The molecule has 25 heavy (non-hydrogen) atoms. The van der Waals surface area contributed by atoms with Crippen LogP contribution in [0.5, 0.6) is 5.75 Å². The molecule has 0 bridgehead atoms. The summed E-state index contributed by atoms with van der Waals surface area (Å²) in [6.45, 7) is 0.251. The summed E-state index contributed by atoms with van der Waals surface area (Å²) in [5, 5.41) is 0. The van der Waals surface area contributed by atoms with Crippen LogP contribution in [0, 0.1) is 0 Å². The third-order valence-electron chi connectivity index (χ3n) is 4.11. The Balaban J connectivity index is 1.76. The fourth-order valence-corrected chi connectivity index (χ4v) is 2.77. The van der Waals surface area contributed by atoms with Crippen molar-refractivity contribution in [3.05, 3.63) is 60.2 Å².